The zero-order valence-corrected chi connectivity index (χ0v) is 16.8. The highest BCUT2D eigenvalue weighted by molar-refractivity contribution is 7.89. The number of methoxy groups -OCH3 is 1. The topological polar surface area (TPSA) is 89.7 Å². The molecule has 3 rings (SSSR count). The van der Waals surface area contributed by atoms with E-state index >= 15 is 0 Å². The summed E-state index contributed by atoms with van der Waals surface area (Å²) in [6, 6.07) is 8.32. The number of ether oxygens (including phenoxy) is 1. The van der Waals surface area contributed by atoms with E-state index in [1.807, 2.05) is 0 Å². The number of benzene rings is 2. The van der Waals surface area contributed by atoms with Gasteiger partial charge < -0.3 is 10.5 Å². The molecule has 27 heavy (non-hydrogen) atoms. The Hall–Kier alpha value is -1.80. The van der Waals surface area contributed by atoms with Gasteiger partial charge in [-0.2, -0.15) is 4.31 Å². The normalized spacial score (nSPS) is 17.8. The molecular weight excluding hydrogens is 411 g/mol. The summed E-state index contributed by atoms with van der Waals surface area (Å²) in [6.45, 7) is 0.245. The van der Waals surface area contributed by atoms with Gasteiger partial charge in [0.25, 0.3) is 0 Å². The van der Waals surface area contributed by atoms with Crippen molar-refractivity contribution in [1.29, 1.82) is 0 Å². The van der Waals surface area contributed by atoms with E-state index in [0.29, 0.717) is 24.2 Å². The first kappa shape index (κ1) is 19.9. The number of ketones is 1. The first-order valence-corrected chi connectivity index (χ1v) is 10.4. The molecule has 6 nitrogen and oxygen atoms in total. The van der Waals surface area contributed by atoms with Crippen LogP contribution in [0.1, 0.15) is 23.2 Å². The SMILES string of the molecule is COc1ccc(C(=O)[C@@H]2CCCN2S(=O)(=O)c2cc(Cl)c(N)c(Cl)c2)cc1. The molecule has 1 aliphatic heterocycles. The molecule has 1 saturated heterocycles. The maximum atomic E-state index is 13.1. The number of sulfonamides is 1. The molecule has 9 heteroatoms. The van der Waals surface area contributed by atoms with Crippen LogP contribution in [-0.2, 0) is 10.0 Å². The van der Waals surface area contributed by atoms with Crippen LogP contribution in [0.4, 0.5) is 5.69 Å². The lowest BCUT2D eigenvalue weighted by Crippen LogP contribution is -2.40. The summed E-state index contributed by atoms with van der Waals surface area (Å²) in [5.41, 5.74) is 6.23. The number of halogens is 2. The number of anilines is 1. The Morgan fingerprint density at radius 3 is 2.33 bits per heavy atom. The number of carbonyl (C=O) groups excluding carboxylic acids is 1. The van der Waals surface area contributed by atoms with Crippen LogP contribution in [0, 0.1) is 0 Å². The first-order chi connectivity index (χ1) is 12.8. The summed E-state index contributed by atoms with van der Waals surface area (Å²) in [4.78, 5) is 12.8. The number of nitrogen functional groups attached to an aromatic ring is 1. The van der Waals surface area contributed by atoms with E-state index in [1.165, 1.54) is 23.5 Å². The number of carbonyl (C=O) groups is 1. The molecule has 1 heterocycles. The molecule has 2 aromatic rings. The average molecular weight is 429 g/mol. The molecule has 1 fully saturated rings. The third kappa shape index (κ3) is 3.78. The van der Waals surface area contributed by atoms with E-state index in [0.717, 1.165) is 0 Å². The lowest BCUT2D eigenvalue weighted by Gasteiger charge is -2.23. The molecule has 0 spiro atoms. The van der Waals surface area contributed by atoms with Crippen LogP contribution in [0.25, 0.3) is 0 Å². The van der Waals surface area contributed by atoms with Crippen LogP contribution in [-0.4, -0.2) is 38.2 Å². The van der Waals surface area contributed by atoms with Crippen LogP contribution < -0.4 is 10.5 Å². The van der Waals surface area contributed by atoms with Crippen LogP contribution in [0.15, 0.2) is 41.3 Å². The third-order valence-corrected chi connectivity index (χ3v) is 7.05. The summed E-state index contributed by atoms with van der Waals surface area (Å²) < 4.78 is 32.5. The quantitative estimate of drug-likeness (QED) is 0.579. The zero-order chi connectivity index (χ0) is 19.8. The van der Waals surface area contributed by atoms with Crippen molar-refractivity contribution >= 4 is 44.7 Å². The van der Waals surface area contributed by atoms with E-state index in [2.05, 4.69) is 0 Å². The van der Waals surface area contributed by atoms with Gasteiger partial charge in [-0.1, -0.05) is 23.2 Å². The molecule has 1 atom stereocenters. The Morgan fingerprint density at radius 2 is 1.78 bits per heavy atom. The molecule has 1 aliphatic rings. The minimum atomic E-state index is -3.95. The first-order valence-electron chi connectivity index (χ1n) is 8.20. The van der Waals surface area contributed by atoms with E-state index in [-0.39, 0.29) is 33.0 Å². The Balaban J connectivity index is 1.94. The molecule has 0 unspecified atom stereocenters. The maximum absolute atomic E-state index is 13.1. The van der Waals surface area contributed by atoms with Crippen molar-refractivity contribution in [2.75, 3.05) is 19.4 Å². The van der Waals surface area contributed by atoms with E-state index in [1.54, 1.807) is 24.3 Å². The number of hydrogen-bond acceptors (Lipinski definition) is 5. The van der Waals surface area contributed by atoms with Crippen LogP contribution in [0.5, 0.6) is 5.75 Å². The van der Waals surface area contributed by atoms with Gasteiger partial charge in [0, 0.05) is 12.1 Å². The highest BCUT2D eigenvalue weighted by Gasteiger charge is 2.40. The van der Waals surface area contributed by atoms with Gasteiger partial charge in [0.15, 0.2) is 5.78 Å². The molecule has 144 valence electrons. The molecule has 2 aromatic carbocycles. The number of Topliss-reactive ketones (excluding diaryl/α,β-unsaturated/α-hetero) is 1. The highest BCUT2D eigenvalue weighted by atomic mass is 35.5. The third-order valence-electron chi connectivity index (χ3n) is 4.54. The Morgan fingerprint density at radius 1 is 1.19 bits per heavy atom. The molecule has 0 saturated carbocycles. The van der Waals surface area contributed by atoms with Crippen molar-refractivity contribution in [3.63, 3.8) is 0 Å². The minimum Gasteiger partial charge on any atom is -0.497 e. The average Bonchev–Trinajstić information content (AvgIpc) is 3.15. The fraction of sp³-hybridized carbons (Fsp3) is 0.278. The number of rotatable bonds is 5. The lowest BCUT2D eigenvalue weighted by atomic mass is 10.0. The van der Waals surface area contributed by atoms with E-state index in [9.17, 15) is 13.2 Å². The summed E-state index contributed by atoms with van der Waals surface area (Å²) >= 11 is 12.0. The van der Waals surface area contributed by atoms with Crippen molar-refractivity contribution < 1.29 is 17.9 Å². The highest BCUT2D eigenvalue weighted by Crippen LogP contribution is 2.34. The summed E-state index contributed by atoms with van der Waals surface area (Å²) in [7, 11) is -2.42. The summed E-state index contributed by atoms with van der Waals surface area (Å²) in [6.07, 6.45) is 1.03. The predicted octanol–water partition coefficient (Wildman–Crippen LogP) is 3.62. The van der Waals surface area contributed by atoms with Gasteiger partial charge in [-0.25, -0.2) is 8.42 Å². The van der Waals surface area contributed by atoms with E-state index < -0.39 is 16.1 Å². The molecule has 0 aromatic heterocycles. The Labute approximate surface area is 167 Å². The number of hydrogen-bond donors (Lipinski definition) is 1. The second kappa shape index (κ2) is 7.67. The van der Waals surface area contributed by atoms with Crippen molar-refractivity contribution in [2.24, 2.45) is 0 Å². The fourth-order valence-corrected chi connectivity index (χ4v) is 5.41. The van der Waals surface area contributed by atoms with Gasteiger partial charge in [-0.15, -0.1) is 0 Å². The van der Waals surface area contributed by atoms with Crippen molar-refractivity contribution in [3.05, 3.63) is 52.0 Å². The number of nitrogens with two attached hydrogens (primary N) is 1. The second-order valence-corrected chi connectivity index (χ2v) is 8.87. The van der Waals surface area contributed by atoms with E-state index in [4.69, 9.17) is 33.7 Å². The monoisotopic (exact) mass is 428 g/mol. The van der Waals surface area contributed by atoms with Crippen molar-refractivity contribution in [1.82, 2.24) is 4.31 Å². The molecule has 0 amide bonds. The molecule has 2 N–H and O–H groups in total. The molecule has 0 radical (unpaired) electrons. The Kier molecular flexibility index (Phi) is 5.67. The van der Waals surface area contributed by atoms with Gasteiger partial charge in [-0.3, -0.25) is 4.79 Å². The Bertz CT molecular complexity index is 954. The number of nitrogens with zero attached hydrogens (tertiary/aromatic N) is 1. The van der Waals surface area contributed by atoms with Crippen LogP contribution in [0.2, 0.25) is 10.0 Å². The van der Waals surface area contributed by atoms with Crippen LogP contribution in [0.3, 0.4) is 0 Å². The smallest absolute Gasteiger partial charge is 0.243 e. The zero-order valence-electron chi connectivity index (χ0n) is 14.5. The largest absolute Gasteiger partial charge is 0.497 e. The van der Waals surface area contributed by atoms with Gasteiger partial charge in [0.05, 0.1) is 33.8 Å². The predicted molar refractivity (Wildman–Crippen MR) is 105 cm³/mol. The van der Waals surface area contributed by atoms with Crippen LogP contribution >= 0.6 is 23.2 Å². The summed E-state index contributed by atoms with van der Waals surface area (Å²) in [5, 5.41) is 0.108. The van der Waals surface area contributed by atoms with Crippen molar-refractivity contribution in [2.45, 2.75) is 23.8 Å². The maximum Gasteiger partial charge on any atom is 0.243 e. The fourth-order valence-electron chi connectivity index (χ4n) is 3.08. The van der Waals surface area contributed by atoms with Gasteiger partial charge in [0.1, 0.15) is 5.75 Å². The minimum absolute atomic E-state index is 0.0540. The lowest BCUT2D eigenvalue weighted by molar-refractivity contribution is 0.0918. The van der Waals surface area contributed by atoms with Gasteiger partial charge >= 0.3 is 0 Å². The standard InChI is InChI=1S/C18H18Cl2N2O4S/c1-26-12-6-4-11(5-7-12)18(23)16-3-2-8-22(16)27(24,25)13-9-14(19)17(21)15(20)10-13/h4-7,9-10,16H,2-3,8,21H2,1H3/t16-/m0/s1. The molecular formula is C18H18Cl2N2O4S. The van der Waals surface area contributed by atoms with Gasteiger partial charge in [-0.05, 0) is 49.2 Å². The molecule has 0 aliphatic carbocycles. The van der Waals surface area contributed by atoms with Crippen molar-refractivity contribution in [3.8, 4) is 5.75 Å². The second-order valence-electron chi connectivity index (χ2n) is 6.17. The molecule has 0 bridgehead atoms. The summed E-state index contributed by atoms with van der Waals surface area (Å²) in [5.74, 6) is 0.361. The van der Waals surface area contributed by atoms with Gasteiger partial charge in [0.2, 0.25) is 10.0 Å².